The molecule has 1 heterocycles. The molecule has 230 valence electrons. The molecule has 0 fully saturated rings. The molecule has 0 saturated carbocycles. The lowest BCUT2D eigenvalue weighted by Crippen LogP contribution is -2.58. The molecule has 1 atom stereocenters. The highest BCUT2D eigenvalue weighted by Crippen LogP contribution is 2.68. The molecule has 1 N–H and O–H groups in total. The van der Waals surface area contributed by atoms with Gasteiger partial charge in [0.1, 0.15) is 15.9 Å². The highest BCUT2D eigenvalue weighted by Gasteiger charge is 2.71. The molecule has 1 aromatic heterocycles. The number of phenols is 1. The summed E-state index contributed by atoms with van der Waals surface area (Å²) in [7, 11) is -3.26. The van der Waals surface area contributed by atoms with Gasteiger partial charge in [-0.05, 0) is 73.5 Å². The van der Waals surface area contributed by atoms with E-state index in [1.165, 1.54) is 12.1 Å². The number of hydrogen-bond acceptors (Lipinski definition) is 6. The Labute approximate surface area is 268 Å². The van der Waals surface area contributed by atoms with Gasteiger partial charge in [0.05, 0.1) is 13.0 Å². The number of phenolic OH excluding ortho intramolecular Hbond substituents is 1. The zero-order chi connectivity index (χ0) is 32.1. The number of carbonyl (C=O) groups is 1. The number of hydrogen-bond donors (Lipinski definition) is 1. The van der Waals surface area contributed by atoms with Crippen molar-refractivity contribution in [3.8, 4) is 11.5 Å². The van der Waals surface area contributed by atoms with Crippen LogP contribution >= 0.6 is 7.26 Å². The average molecular weight is 630 g/mol. The molecule has 1 unspecified atom stereocenters. The van der Waals surface area contributed by atoms with Gasteiger partial charge < -0.3 is 19.0 Å². The molecule has 6 rings (SSSR count). The van der Waals surface area contributed by atoms with Crippen LogP contribution in [0.2, 0.25) is 0 Å². The Bertz CT molecular complexity index is 1910. The average Bonchev–Trinajstić information content (AvgIpc) is 3.08. The Hall–Kier alpha value is -5.19. The van der Waals surface area contributed by atoms with E-state index in [9.17, 15) is 9.90 Å². The van der Waals surface area contributed by atoms with E-state index in [-0.39, 0.29) is 30.1 Å². The minimum absolute atomic E-state index is 0.0546. The van der Waals surface area contributed by atoms with Crippen LogP contribution in [0.4, 0.5) is 0 Å². The number of aromatic hydroxyl groups is 1. The summed E-state index contributed by atoms with van der Waals surface area (Å²) in [6, 6.07) is 43.8. The number of carbonyl (C=O) groups excluding carboxylic acids is 1. The lowest BCUT2D eigenvalue weighted by molar-refractivity contribution is -0.154. The van der Waals surface area contributed by atoms with Gasteiger partial charge in [-0.3, -0.25) is 0 Å². The zero-order valence-corrected chi connectivity index (χ0v) is 26.5. The molecule has 46 heavy (non-hydrogen) atoms. The molecular formula is C39H34O6P+. The number of fused-ring (bicyclic) bond motifs is 1. The second kappa shape index (κ2) is 13.0. The van der Waals surface area contributed by atoms with E-state index in [1.807, 2.05) is 121 Å². The van der Waals surface area contributed by atoms with E-state index < -0.39 is 24.2 Å². The molecule has 6 aromatic rings. The maximum Gasteiger partial charge on any atom is 0.392 e. The van der Waals surface area contributed by atoms with Crippen LogP contribution in [0.3, 0.4) is 0 Å². The van der Waals surface area contributed by atoms with Crippen LogP contribution in [-0.2, 0) is 16.0 Å². The normalized spacial score (nSPS) is 12.7. The van der Waals surface area contributed by atoms with E-state index in [0.29, 0.717) is 10.9 Å². The summed E-state index contributed by atoms with van der Waals surface area (Å²) in [5.41, 5.74) is 0.927. The minimum Gasteiger partial charge on any atom is -0.504 e. The predicted molar refractivity (Wildman–Crippen MR) is 184 cm³/mol. The van der Waals surface area contributed by atoms with E-state index >= 15 is 4.79 Å². The Morgan fingerprint density at radius 2 is 1.26 bits per heavy atom. The van der Waals surface area contributed by atoms with Crippen molar-refractivity contribution in [3.63, 3.8) is 0 Å². The maximum atomic E-state index is 15.1. The summed E-state index contributed by atoms with van der Waals surface area (Å²) >= 11 is 0. The van der Waals surface area contributed by atoms with Gasteiger partial charge in [-0.25, -0.2) is 9.59 Å². The van der Waals surface area contributed by atoms with Crippen molar-refractivity contribution in [1.82, 2.24) is 0 Å². The summed E-state index contributed by atoms with van der Waals surface area (Å²) in [5.74, 6) is -0.972. The van der Waals surface area contributed by atoms with Crippen molar-refractivity contribution >= 4 is 40.1 Å². The number of rotatable bonds is 10. The first-order chi connectivity index (χ1) is 22.4. The summed E-state index contributed by atoms with van der Waals surface area (Å²) in [6.07, 6.45) is 0.0744. The standard InChI is InChI=1S/C39H33O6P/c1-3-43-38(42)39(27-29-16-8-4-9-17-29,45-37-34(40)25-24-33-28(2)26-35(41)44-36(33)37)46(30-18-10-5-11-19-30,31-20-12-6-13-21-31)32-22-14-7-15-23-32/h4-26H,3,27H2,1-2H3/p+1. The van der Waals surface area contributed by atoms with Crippen molar-refractivity contribution in [3.05, 3.63) is 161 Å². The first kappa shape index (κ1) is 30.8. The SMILES string of the molecule is CCOC(=O)C(Cc1ccccc1)(Oc1c(O)ccc2c(C)cc(=O)oc12)[P+](c1ccccc1)(c1ccccc1)c1ccccc1. The van der Waals surface area contributed by atoms with Crippen LogP contribution in [-0.4, -0.2) is 23.0 Å². The molecule has 0 radical (unpaired) electrons. The first-order valence-electron chi connectivity index (χ1n) is 15.1. The van der Waals surface area contributed by atoms with Crippen molar-refractivity contribution in [2.45, 2.75) is 25.6 Å². The molecule has 0 amide bonds. The van der Waals surface area contributed by atoms with Gasteiger partial charge in [0.25, 0.3) is 0 Å². The molecule has 0 aliphatic rings. The molecule has 0 aliphatic heterocycles. The summed E-state index contributed by atoms with van der Waals surface area (Å²) in [5, 5.41) is 12.9. The second-order valence-electron chi connectivity index (χ2n) is 11.0. The molecular weight excluding hydrogens is 595 g/mol. The highest BCUT2D eigenvalue weighted by molar-refractivity contribution is 7.97. The smallest absolute Gasteiger partial charge is 0.392 e. The summed E-state index contributed by atoms with van der Waals surface area (Å²) in [4.78, 5) is 27.9. The monoisotopic (exact) mass is 629 g/mol. The van der Waals surface area contributed by atoms with Gasteiger partial charge >= 0.3 is 16.9 Å². The number of esters is 1. The van der Waals surface area contributed by atoms with Gasteiger partial charge in [-0.2, -0.15) is 0 Å². The highest BCUT2D eigenvalue weighted by atomic mass is 31.2. The topological polar surface area (TPSA) is 86.0 Å². The third-order valence-corrected chi connectivity index (χ3v) is 12.9. The second-order valence-corrected chi connectivity index (χ2v) is 14.6. The predicted octanol–water partition coefficient (Wildman–Crippen LogP) is 6.68. The van der Waals surface area contributed by atoms with Gasteiger partial charge in [-0.15, -0.1) is 0 Å². The van der Waals surface area contributed by atoms with Gasteiger partial charge in [0.2, 0.25) is 5.75 Å². The number of aryl methyl sites for hydroxylation is 1. The molecule has 6 nitrogen and oxygen atoms in total. The lowest BCUT2D eigenvalue weighted by Gasteiger charge is -2.42. The molecule has 5 aromatic carbocycles. The molecule has 0 aliphatic carbocycles. The van der Waals surface area contributed by atoms with Crippen LogP contribution in [0, 0.1) is 6.92 Å². The Morgan fingerprint density at radius 3 is 1.76 bits per heavy atom. The van der Waals surface area contributed by atoms with Gasteiger partial charge in [-0.1, -0.05) is 84.9 Å². The van der Waals surface area contributed by atoms with Crippen LogP contribution in [0.5, 0.6) is 11.5 Å². The zero-order valence-electron chi connectivity index (χ0n) is 25.6. The van der Waals surface area contributed by atoms with E-state index in [4.69, 9.17) is 13.9 Å². The van der Waals surface area contributed by atoms with Crippen molar-refractivity contribution in [2.24, 2.45) is 0 Å². The van der Waals surface area contributed by atoms with Crippen molar-refractivity contribution in [2.75, 3.05) is 6.61 Å². The minimum atomic E-state index is -3.26. The fourth-order valence-electron chi connectivity index (χ4n) is 6.23. The maximum absolute atomic E-state index is 15.1. The largest absolute Gasteiger partial charge is 0.504 e. The lowest BCUT2D eigenvalue weighted by atomic mass is 10.1. The molecule has 7 heteroatoms. The summed E-state index contributed by atoms with van der Waals surface area (Å²) in [6.45, 7) is 3.64. The number of ether oxygens (including phenoxy) is 2. The number of benzene rings is 5. The Kier molecular flexibility index (Phi) is 8.74. The van der Waals surface area contributed by atoms with Gasteiger partial charge in [0.15, 0.2) is 18.6 Å². The van der Waals surface area contributed by atoms with E-state index in [1.54, 1.807) is 19.9 Å². The molecule has 0 spiro atoms. The molecule has 0 bridgehead atoms. The van der Waals surface area contributed by atoms with Crippen LogP contribution in [0.1, 0.15) is 18.1 Å². The Morgan fingerprint density at radius 1 is 0.761 bits per heavy atom. The fraction of sp³-hybridized carbons (Fsp3) is 0.128. The third-order valence-electron chi connectivity index (χ3n) is 8.18. The molecule has 0 saturated heterocycles. The third kappa shape index (κ3) is 5.35. The van der Waals surface area contributed by atoms with Crippen LogP contribution < -0.4 is 26.3 Å². The Balaban J connectivity index is 1.83. The van der Waals surface area contributed by atoms with E-state index in [2.05, 4.69) is 0 Å². The van der Waals surface area contributed by atoms with Crippen LogP contribution in [0.25, 0.3) is 11.0 Å². The van der Waals surface area contributed by atoms with Crippen molar-refractivity contribution in [1.29, 1.82) is 0 Å². The first-order valence-corrected chi connectivity index (χ1v) is 16.9. The van der Waals surface area contributed by atoms with Crippen molar-refractivity contribution < 1.29 is 23.8 Å². The van der Waals surface area contributed by atoms with Gasteiger partial charge in [0, 0.05) is 11.5 Å². The quantitative estimate of drug-likeness (QED) is 0.103. The fourth-order valence-corrected chi connectivity index (χ4v) is 11.2. The van der Waals surface area contributed by atoms with E-state index in [0.717, 1.165) is 21.5 Å². The summed E-state index contributed by atoms with van der Waals surface area (Å²) < 4.78 is 18.9. The van der Waals surface area contributed by atoms with Crippen LogP contribution in [0.15, 0.2) is 149 Å².